The predicted molar refractivity (Wildman–Crippen MR) is 56.8 cm³/mol. The molecular formula is C11H19N2O2+. The van der Waals surface area contributed by atoms with Crippen molar-refractivity contribution in [1.29, 1.82) is 0 Å². The van der Waals surface area contributed by atoms with Crippen LogP contribution in [0.15, 0.2) is 0 Å². The Labute approximate surface area is 90.5 Å². The van der Waals surface area contributed by atoms with Gasteiger partial charge in [0.15, 0.2) is 13.2 Å². The van der Waals surface area contributed by atoms with E-state index in [4.69, 9.17) is 4.74 Å². The van der Waals surface area contributed by atoms with Crippen LogP contribution in [0.25, 0.3) is 0 Å². The van der Waals surface area contributed by atoms with E-state index in [0.29, 0.717) is 5.91 Å². The lowest BCUT2D eigenvalue weighted by Gasteiger charge is -2.23. The fraction of sp³-hybridized carbons (Fsp3) is 0.818. The summed E-state index contributed by atoms with van der Waals surface area (Å²) in [6.07, 6.45) is 3.83. The molecule has 4 nitrogen and oxygen atoms in total. The van der Waals surface area contributed by atoms with E-state index in [1.54, 1.807) is 0 Å². The smallest absolute Gasteiger partial charge is 0.337 e. The van der Waals surface area contributed by atoms with Crippen LogP contribution in [0.3, 0.4) is 0 Å². The lowest BCUT2D eigenvalue weighted by atomic mass is 10.1. The summed E-state index contributed by atoms with van der Waals surface area (Å²) in [4.78, 5) is 13.6. The van der Waals surface area contributed by atoms with Crippen molar-refractivity contribution in [3.63, 3.8) is 0 Å². The largest absolute Gasteiger partial charge is 0.441 e. The van der Waals surface area contributed by atoms with Crippen LogP contribution in [0.5, 0.6) is 0 Å². The van der Waals surface area contributed by atoms with E-state index in [2.05, 4.69) is 11.5 Å². The van der Waals surface area contributed by atoms with Crippen molar-refractivity contribution >= 4 is 11.8 Å². The molecule has 0 aliphatic carbocycles. The topological polar surface area (TPSA) is 32.5 Å². The average molecular weight is 211 g/mol. The van der Waals surface area contributed by atoms with Gasteiger partial charge in [0, 0.05) is 13.0 Å². The summed E-state index contributed by atoms with van der Waals surface area (Å²) in [6.45, 7) is 5.41. The first-order valence-corrected chi connectivity index (χ1v) is 5.82. The van der Waals surface area contributed by atoms with Crippen molar-refractivity contribution in [3.05, 3.63) is 0 Å². The molecule has 2 rings (SSSR count). The van der Waals surface area contributed by atoms with Crippen LogP contribution in [0.4, 0.5) is 0 Å². The number of rotatable bonds is 3. The van der Waals surface area contributed by atoms with E-state index in [1.807, 2.05) is 4.90 Å². The number of hydrogen-bond donors (Lipinski definition) is 0. The van der Waals surface area contributed by atoms with E-state index in [0.717, 1.165) is 57.9 Å². The van der Waals surface area contributed by atoms with Crippen LogP contribution in [0.2, 0.25) is 0 Å². The van der Waals surface area contributed by atoms with Gasteiger partial charge in [-0.2, -0.15) is 4.58 Å². The second-order valence-corrected chi connectivity index (χ2v) is 4.11. The average Bonchev–Trinajstić information content (AvgIpc) is 2.69. The monoisotopic (exact) mass is 211 g/mol. The van der Waals surface area contributed by atoms with Gasteiger partial charge < -0.3 is 4.74 Å². The summed E-state index contributed by atoms with van der Waals surface area (Å²) in [7, 11) is 0. The second-order valence-electron chi connectivity index (χ2n) is 4.11. The molecule has 0 aromatic heterocycles. The molecule has 4 heteroatoms. The Morgan fingerprint density at radius 1 is 1.47 bits per heavy atom. The standard InChI is InChI=1S/C11H19N2O2/c1-2-11-13(7-8-15-11)9-12-6-4-3-5-10(12)14/h2-9H2,1H3/q+1. The number of nitrogens with zero attached hydrogens (tertiary/aromatic N) is 2. The molecule has 2 heterocycles. The van der Waals surface area contributed by atoms with Gasteiger partial charge in [0.1, 0.15) is 0 Å². The Hall–Kier alpha value is -1.06. The summed E-state index contributed by atoms with van der Waals surface area (Å²) in [5.74, 6) is 1.33. The zero-order valence-corrected chi connectivity index (χ0v) is 9.37. The Morgan fingerprint density at radius 2 is 2.33 bits per heavy atom. The Morgan fingerprint density at radius 3 is 3.07 bits per heavy atom. The van der Waals surface area contributed by atoms with Gasteiger partial charge in [-0.15, -0.1) is 0 Å². The number of carbonyl (C=O) groups is 1. The molecule has 0 aromatic carbocycles. The number of likely N-dealkylation sites (tertiary alicyclic amines) is 1. The molecular weight excluding hydrogens is 192 g/mol. The summed E-state index contributed by atoms with van der Waals surface area (Å²) >= 11 is 0. The van der Waals surface area contributed by atoms with E-state index in [9.17, 15) is 4.79 Å². The third kappa shape index (κ3) is 2.30. The molecule has 0 unspecified atom stereocenters. The number of hydrogen-bond acceptors (Lipinski definition) is 2. The second kappa shape index (κ2) is 4.64. The minimum absolute atomic E-state index is 0.295. The molecule has 1 fully saturated rings. The minimum atomic E-state index is 0.295. The lowest BCUT2D eigenvalue weighted by Crippen LogP contribution is -2.41. The first-order chi connectivity index (χ1) is 7.31. The van der Waals surface area contributed by atoms with Gasteiger partial charge in [-0.1, -0.05) is 6.92 Å². The van der Waals surface area contributed by atoms with Crippen LogP contribution >= 0.6 is 0 Å². The minimum Gasteiger partial charge on any atom is -0.441 e. The highest BCUT2D eigenvalue weighted by molar-refractivity contribution is 5.77. The quantitative estimate of drug-likeness (QED) is 0.647. The molecule has 0 atom stereocenters. The van der Waals surface area contributed by atoms with Gasteiger partial charge in [-0.05, 0) is 12.8 Å². The van der Waals surface area contributed by atoms with E-state index >= 15 is 0 Å². The molecule has 1 amide bonds. The SMILES string of the molecule is CCC1=[N+](CN2CCCCC2=O)CCO1. The highest BCUT2D eigenvalue weighted by atomic mass is 16.5. The van der Waals surface area contributed by atoms with Crippen LogP contribution in [-0.4, -0.2) is 47.6 Å². The van der Waals surface area contributed by atoms with Crippen LogP contribution in [0.1, 0.15) is 32.6 Å². The maximum atomic E-state index is 11.6. The zero-order chi connectivity index (χ0) is 10.7. The van der Waals surface area contributed by atoms with Crippen molar-refractivity contribution in [2.45, 2.75) is 32.6 Å². The van der Waals surface area contributed by atoms with E-state index in [1.165, 1.54) is 0 Å². The molecule has 0 N–H and O–H groups in total. The fourth-order valence-corrected chi connectivity index (χ4v) is 2.18. The molecule has 0 spiro atoms. The fourth-order valence-electron chi connectivity index (χ4n) is 2.18. The number of ether oxygens (including phenoxy) is 1. The van der Waals surface area contributed by atoms with Crippen LogP contribution in [-0.2, 0) is 9.53 Å². The highest BCUT2D eigenvalue weighted by Gasteiger charge is 2.27. The van der Waals surface area contributed by atoms with Crippen LogP contribution < -0.4 is 0 Å². The molecule has 1 saturated heterocycles. The van der Waals surface area contributed by atoms with Gasteiger partial charge in [0.2, 0.25) is 12.6 Å². The van der Waals surface area contributed by atoms with E-state index in [-0.39, 0.29) is 0 Å². The molecule has 0 radical (unpaired) electrons. The summed E-state index contributed by atoms with van der Waals surface area (Å²) in [5.41, 5.74) is 0. The molecule has 0 bridgehead atoms. The first-order valence-electron chi connectivity index (χ1n) is 5.82. The van der Waals surface area contributed by atoms with Gasteiger partial charge in [-0.25, -0.2) is 0 Å². The lowest BCUT2D eigenvalue weighted by molar-refractivity contribution is -0.537. The van der Waals surface area contributed by atoms with Gasteiger partial charge in [0.25, 0.3) is 0 Å². The zero-order valence-electron chi connectivity index (χ0n) is 9.37. The Bertz CT molecular complexity index is 286. The summed E-state index contributed by atoms with van der Waals surface area (Å²) < 4.78 is 7.68. The Balaban J connectivity index is 1.98. The van der Waals surface area contributed by atoms with Crippen LogP contribution in [0, 0.1) is 0 Å². The molecule has 15 heavy (non-hydrogen) atoms. The maximum absolute atomic E-state index is 11.6. The normalized spacial score (nSPS) is 22.2. The number of piperidine rings is 1. The molecule has 84 valence electrons. The molecule has 2 aliphatic rings. The van der Waals surface area contributed by atoms with Gasteiger partial charge in [0.05, 0.1) is 6.42 Å². The highest BCUT2D eigenvalue weighted by Crippen LogP contribution is 2.11. The van der Waals surface area contributed by atoms with Crippen molar-refractivity contribution in [2.75, 3.05) is 26.4 Å². The van der Waals surface area contributed by atoms with Crippen molar-refractivity contribution in [3.8, 4) is 0 Å². The summed E-state index contributed by atoms with van der Waals surface area (Å²) in [6, 6.07) is 0. The van der Waals surface area contributed by atoms with Crippen molar-refractivity contribution in [1.82, 2.24) is 4.90 Å². The molecule has 2 aliphatic heterocycles. The molecule has 0 aromatic rings. The van der Waals surface area contributed by atoms with Gasteiger partial charge in [-0.3, -0.25) is 9.69 Å². The number of amides is 1. The van der Waals surface area contributed by atoms with Crippen molar-refractivity contribution < 1.29 is 14.1 Å². The predicted octanol–water partition coefficient (Wildman–Crippen LogP) is 0.808. The number of carbonyl (C=O) groups excluding carboxylic acids is 1. The Kier molecular flexibility index (Phi) is 3.23. The third-order valence-electron chi connectivity index (χ3n) is 3.05. The molecule has 0 saturated carbocycles. The maximum Gasteiger partial charge on any atom is 0.337 e. The van der Waals surface area contributed by atoms with Crippen molar-refractivity contribution in [2.24, 2.45) is 0 Å². The summed E-state index contributed by atoms with van der Waals surface area (Å²) in [5, 5.41) is 0. The third-order valence-corrected chi connectivity index (χ3v) is 3.05. The van der Waals surface area contributed by atoms with E-state index < -0.39 is 0 Å². The first kappa shape index (κ1) is 10.5. The van der Waals surface area contributed by atoms with Gasteiger partial charge >= 0.3 is 5.90 Å².